The second kappa shape index (κ2) is 6.82. The SMILES string of the molecule is COc1cccc(N2CCO[C@H]2c2ccn(-c3cccc(Cl)c3)c2)c1. The molecule has 2 heterocycles. The van der Waals surface area contributed by atoms with Crippen molar-refractivity contribution in [2.24, 2.45) is 0 Å². The molecule has 0 aliphatic carbocycles. The summed E-state index contributed by atoms with van der Waals surface area (Å²) in [4.78, 5) is 2.25. The molecule has 1 aliphatic rings. The van der Waals surface area contributed by atoms with Crippen LogP contribution in [0.1, 0.15) is 11.8 Å². The summed E-state index contributed by atoms with van der Waals surface area (Å²) in [5.74, 6) is 0.847. The molecule has 0 spiro atoms. The minimum atomic E-state index is -0.104. The lowest BCUT2D eigenvalue weighted by atomic mass is 10.2. The number of nitrogens with zero attached hydrogens (tertiary/aromatic N) is 2. The number of benzene rings is 2. The van der Waals surface area contributed by atoms with Gasteiger partial charge in [0.2, 0.25) is 0 Å². The quantitative estimate of drug-likeness (QED) is 0.681. The Kier molecular flexibility index (Phi) is 4.38. The summed E-state index contributed by atoms with van der Waals surface area (Å²) in [6, 6.07) is 18.0. The largest absolute Gasteiger partial charge is 0.497 e. The van der Waals surface area contributed by atoms with Gasteiger partial charge < -0.3 is 18.9 Å². The number of rotatable bonds is 4. The van der Waals surface area contributed by atoms with Gasteiger partial charge in [0.05, 0.1) is 13.7 Å². The van der Waals surface area contributed by atoms with Gasteiger partial charge in [-0.1, -0.05) is 23.7 Å². The average Bonchev–Trinajstić information content (AvgIpc) is 3.31. The smallest absolute Gasteiger partial charge is 0.158 e. The average molecular weight is 355 g/mol. The van der Waals surface area contributed by atoms with Crippen molar-refractivity contribution in [2.75, 3.05) is 25.2 Å². The van der Waals surface area contributed by atoms with Crippen LogP contribution in [0, 0.1) is 0 Å². The van der Waals surface area contributed by atoms with Crippen LogP contribution in [0.3, 0.4) is 0 Å². The van der Waals surface area contributed by atoms with E-state index in [1.165, 1.54) is 0 Å². The predicted octanol–water partition coefficient (Wildman–Crippen LogP) is 4.67. The van der Waals surface area contributed by atoms with E-state index in [2.05, 4.69) is 27.8 Å². The third-order valence-corrected chi connectivity index (χ3v) is 4.62. The number of methoxy groups -OCH3 is 1. The van der Waals surface area contributed by atoms with Gasteiger partial charge in [-0.25, -0.2) is 0 Å². The second-order valence-corrected chi connectivity index (χ2v) is 6.39. The van der Waals surface area contributed by atoms with Crippen LogP contribution in [0.15, 0.2) is 67.0 Å². The second-order valence-electron chi connectivity index (χ2n) is 5.95. The van der Waals surface area contributed by atoms with Crippen LogP contribution in [0.5, 0.6) is 5.75 Å². The van der Waals surface area contributed by atoms with Crippen LogP contribution in [-0.2, 0) is 4.74 Å². The maximum Gasteiger partial charge on any atom is 0.158 e. The Morgan fingerprint density at radius 3 is 2.76 bits per heavy atom. The molecular formula is C20H19ClN2O2. The van der Waals surface area contributed by atoms with Gasteiger partial charge in [0.25, 0.3) is 0 Å². The molecule has 0 unspecified atom stereocenters. The van der Waals surface area contributed by atoms with E-state index >= 15 is 0 Å². The fourth-order valence-electron chi connectivity index (χ4n) is 3.16. The van der Waals surface area contributed by atoms with Crippen LogP contribution < -0.4 is 9.64 Å². The van der Waals surface area contributed by atoms with E-state index in [0.29, 0.717) is 6.61 Å². The highest BCUT2D eigenvalue weighted by Gasteiger charge is 2.28. The van der Waals surface area contributed by atoms with Gasteiger partial charge in [-0.05, 0) is 36.4 Å². The van der Waals surface area contributed by atoms with E-state index in [4.69, 9.17) is 21.1 Å². The zero-order valence-electron chi connectivity index (χ0n) is 13.9. The van der Waals surface area contributed by atoms with E-state index < -0.39 is 0 Å². The molecule has 0 N–H and O–H groups in total. The van der Waals surface area contributed by atoms with Crippen molar-refractivity contribution < 1.29 is 9.47 Å². The van der Waals surface area contributed by atoms with Gasteiger partial charge in [-0.15, -0.1) is 0 Å². The van der Waals surface area contributed by atoms with Gasteiger partial charge in [0, 0.05) is 47.0 Å². The lowest BCUT2D eigenvalue weighted by Crippen LogP contribution is -2.22. The molecule has 1 saturated heterocycles. The Labute approximate surface area is 152 Å². The predicted molar refractivity (Wildman–Crippen MR) is 99.8 cm³/mol. The first-order valence-electron chi connectivity index (χ1n) is 8.21. The molecule has 4 nitrogen and oxygen atoms in total. The third-order valence-electron chi connectivity index (χ3n) is 4.38. The van der Waals surface area contributed by atoms with Crippen molar-refractivity contribution in [3.8, 4) is 11.4 Å². The third kappa shape index (κ3) is 3.23. The van der Waals surface area contributed by atoms with Crippen molar-refractivity contribution in [1.82, 2.24) is 4.57 Å². The Hall–Kier alpha value is -2.43. The van der Waals surface area contributed by atoms with Crippen molar-refractivity contribution in [2.45, 2.75) is 6.23 Å². The Balaban J connectivity index is 1.62. The first-order valence-corrected chi connectivity index (χ1v) is 8.58. The standard InChI is InChI=1S/C20H19ClN2O2/c1-24-19-7-3-6-18(13-19)23-10-11-25-20(23)15-8-9-22(14-15)17-5-2-4-16(21)12-17/h2-9,12-14,20H,10-11H2,1H3/t20-/m0/s1. The Bertz CT molecular complexity index is 877. The summed E-state index contributed by atoms with van der Waals surface area (Å²) in [5, 5.41) is 0.725. The van der Waals surface area contributed by atoms with Crippen LogP contribution in [-0.4, -0.2) is 24.8 Å². The fraction of sp³-hybridized carbons (Fsp3) is 0.200. The van der Waals surface area contributed by atoms with E-state index in [-0.39, 0.29) is 6.23 Å². The first kappa shape index (κ1) is 16.1. The van der Waals surface area contributed by atoms with Gasteiger partial charge in [0.15, 0.2) is 6.23 Å². The van der Waals surface area contributed by atoms with E-state index in [9.17, 15) is 0 Å². The Morgan fingerprint density at radius 2 is 1.92 bits per heavy atom. The van der Waals surface area contributed by atoms with Crippen molar-refractivity contribution in [3.63, 3.8) is 0 Å². The molecule has 3 aromatic rings. The number of halogens is 1. The zero-order valence-corrected chi connectivity index (χ0v) is 14.7. The van der Waals surface area contributed by atoms with Gasteiger partial charge in [-0.3, -0.25) is 0 Å². The van der Waals surface area contributed by atoms with Crippen LogP contribution in [0.4, 0.5) is 5.69 Å². The topological polar surface area (TPSA) is 26.6 Å². The fourth-order valence-corrected chi connectivity index (χ4v) is 3.34. The summed E-state index contributed by atoms with van der Waals surface area (Å²) in [7, 11) is 1.68. The maximum absolute atomic E-state index is 6.10. The highest BCUT2D eigenvalue weighted by molar-refractivity contribution is 6.30. The summed E-state index contributed by atoms with van der Waals surface area (Å²) in [6.07, 6.45) is 4.02. The zero-order chi connectivity index (χ0) is 17.2. The number of anilines is 1. The van der Waals surface area contributed by atoms with Gasteiger partial charge >= 0.3 is 0 Å². The molecular weight excluding hydrogens is 336 g/mol. The van der Waals surface area contributed by atoms with Crippen LogP contribution in [0.25, 0.3) is 5.69 Å². The highest BCUT2D eigenvalue weighted by atomic mass is 35.5. The van der Waals surface area contributed by atoms with Crippen LogP contribution >= 0.6 is 11.6 Å². The normalized spacial score (nSPS) is 17.0. The molecule has 2 aromatic carbocycles. The van der Waals surface area contributed by atoms with Crippen molar-refractivity contribution in [3.05, 3.63) is 77.6 Å². The molecule has 1 aliphatic heterocycles. The minimum absolute atomic E-state index is 0.104. The molecule has 1 aromatic heterocycles. The van der Waals surface area contributed by atoms with E-state index in [1.54, 1.807) is 7.11 Å². The lowest BCUT2D eigenvalue weighted by molar-refractivity contribution is 0.114. The Morgan fingerprint density at radius 1 is 1.08 bits per heavy atom. The van der Waals surface area contributed by atoms with E-state index in [0.717, 1.165) is 34.3 Å². The molecule has 0 saturated carbocycles. The van der Waals surface area contributed by atoms with Crippen LogP contribution in [0.2, 0.25) is 5.02 Å². The number of aromatic nitrogens is 1. The molecule has 5 heteroatoms. The minimum Gasteiger partial charge on any atom is -0.497 e. The van der Waals surface area contributed by atoms with E-state index in [1.807, 2.05) is 48.7 Å². The number of hydrogen-bond donors (Lipinski definition) is 0. The van der Waals surface area contributed by atoms with Crippen molar-refractivity contribution >= 4 is 17.3 Å². The lowest BCUT2D eigenvalue weighted by Gasteiger charge is -2.25. The summed E-state index contributed by atoms with van der Waals surface area (Å²) < 4.78 is 13.4. The molecule has 0 radical (unpaired) electrons. The molecule has 25 heavy (non-hydrogen) atoms. The molecule has 1 fully saturated rings. The van der Waals surface area contributed by atoms with Gasteiger partial charge in [-0.2, -0.15) is 0 Å². The molecule has 4 rings (SSSR count). The number of ether oxygens (including phenoxy) is 2. The summed E-state index contributed by atoms with van der Waals surface area (Å²) >= 11 is 6.10. The molecule has 128 valence electrons. The highest BCUT2D eigenvalue weighted by Crippen LogP contribution is 2.34. The molecule has 1 atom stereocenters. The number of hydrogen-bond acceptors (Lipinski definition) is 3. The summed E-state index contributed by atoms with van der Waals surface area (Å²) in [6.45, 7) is 1.55. The summed E-state index contributed by atoms with van der Waals surface area (Å²) in [5.41, 5.74) is 3.24. The monoisotopic (exact) mass is 354 g/mol. The van der Waals surface area contributed by atoms with Gasteiger partial charge in [0.1, 0.15) is 5.75 Å². The van der Waals surface area contributed by atoms with Crippen molar-refractivity contribution in [1.29, 1.82) is 0 Å². The first-order chi connectivity index (χ1) is 12.2. The maximum atomic E-state index is 6.10. The molecule has 0 bridgehead atoms. The molecule has 0 amide bonds.